The Morgan fingerprint density at radius 1 is 1.11 bits per heavy atom. The summed E-state index contributed by atoms with van der Waals surface area (Å²) in [7, 11) is 0. The Hall–Kier alpha value is -2.83. The van der Waals surface area contributed by atoms with Crippen molar-refractivity contribution in [2.75, 3.05) is 19.8 Å². The Kier molecular flexibility index (Phi) is 11.1. The zero-order chi connectivity index (χ0) is 20.8. The molecule has 7 heteroatoms. The molecule has 1 aromatic carbocycles. The van der Waals surface area contributed by atoms with Crippen LogP contribution in [0.3, 0.4) is 0 Å². The topological polar surface area (TPSA) is 88.1 Å². The van der Waals surface area contributed by atoms with Gasteiger partial charge in [0.05, 0.1) is 12.5 Å². The SMILES string of the molecule is C=CC(=O)OCCCC(=O)OC(COC(=O)C(C)CC)COc1ccccc1. The first kappa shape index (κ1) is 23.2. The van der Waals surface area contributed by atoms with Crippen molar-refractivity contribution in [1.82, 2.24) is 0 Å². The average Bonchev–Trinajstić information content (AvgIpc) is 2.72. The van der Waals surface area contributed by atoms with E-state index in [1.54, 1.807) is 19.1 Å². The van der Waals surface area contributed by atoms with E-state index in [1.807, 2.05) is 25.1 Å². The van der Waals surface area contributed by atoms with Crippen molar-refractivity contribution in [3.05, 3.63) is 43.0 Å². The molecule has 2 atom stereocenters. The van der Waals surface area contributed by atoms with Crippen LogP contribution in [0.5, 0.6) is 5.75 Å². The molecule has 154 valence electrons. The molecule has 1 aromatic rings. The standard InChI is InChI=1S/C21H28O7/c1-4-16(3)21(24)27-15-18(14-26-17-10-7-6-8-11-17)28-20(23)12-9-13-25-19(22)5-2/h5-8,10-11,16,18H,2,4,9,12-15H2,1,3H3. The molecule has 0 radical (unpaired) electrons. The van der Waals surface area contributed by atoms with Gasteiger partial charge in [-0.1, -0.05) is 38.6 Å². The fourth-order valence-corrected chi connectivity index (χ4v) is 2.00. The predicted octanol–water partition coefficient (Wildman–Crippen LogP) is 3.08. The highest BCUT2D eigenvalue weighted by Crippen LogP contribution is 2.11. The summed E-state index contributed by atoms with van der Waals surface area (Å²) in [5.41, 5.74) is 0. The number of hydrogen-bond acceptors (Lipinski definition) is 7. The highest BCUT2D eigenvalue weighted by atomic mass is 16.6. The Balaban J connectivity index is 2.50. The highest BCUT2D eigenvalue weighted by Gasteiger charge is 2.20. The minimum Gasteiger partial charge on any atom is -0.490 e. The van der Waals surface area contributed by atoms with E-state index in [0.717, 1.165) is 6.08 Å². The first-order chi connectivity index (χ1) is 13.5. The third-order valence-corrected chi connectivity index (χ3v) is 3.84. The summed E-state index contributed by atoms with van der Waals surface area (Å²) < 4.78 is 21.0. The molecule has 0 saturated heterocycles. The molecular weight excluding hydrogens is 364 g/mol. The van der Waals surface area contributed by atoms with Crippen LogP contribution in [0.15, 0.2) is 43.0 Å². The Morgan fingerprint density at radius 3 is 2.46 bits per heavy atom. The van der Waals surface area contributed by atoms with Crippen LogP contribution in [-0.4, -0.2) is 43.8 Å². The first-order valence-electron chi connectivity index (χ1n) is 9.29. The zero-order valence-corrected chi connectivity index (χ0v) is 16.4. The summed E-state index contributed by atoms with van der Waals surface area (Å²) in [6.45, 7) is 7.00. The molecule has 7 nitrogen and oxygen atoms in total. The van der Waals surface area contributed by atoms with E-state index in [2.05, 4.69) is 6.58 Å². The van der Waals surface area contributed by atoms with Gasteiger partial charge in [0.15, 0.2) is 6.10 Å². The van der Waals surface area contributed by atoms with Gasteiger partial charge in [-0.2, -0.15) is 0 Å². The molecule has 0 aromatic heterocycles. The fourth-order valence-electron chi connectivity index (χ4n) is 2.00. The number of benzene rings is 1. The molecule has 0 heterocycles. The van der Waals surface area contributed by atoms with Crippen molar-refractivity contribution in [2.45, 2.75) is 39.2 Å². The zero-order valence-electron chi connectivity index (χ0n) is 16.4. The summed E-state index contributed by atoms with van der Waals surface area (Å²) in [6.07, 6.45) is 1.35. The van der Waals surface area contributed by atoms with Gasteiger partial charge in [0, 0.05) is 12.5 Å². The molecule has 28 heavy (non-hydrogen) atoms. The lowest BCUT2D eigenvalue weighted by atomic mass is 10.1. The lowest BCUT2D eigenvalue weighted by Gasteiger charge is -2.19. The van der Waals surface area contributed by atoms with Gasteiger partial charge in [-0.15, -0.1) is 0 Å². The van der Waals surface area contributed by atoms with Gasteiger partial charge in [0.25, 0.3) is 0 Å². The van der Waals surface area contributed by atoms with Crippen LogP contribution in [0.1, 0.15) is 33.1 Å². The number of esters is 3. The van der Waals surface area contributed by atoms with E-state index in [9.17, 15) is 14.4 Å². The van der Waals surface area contributed by atoms with Crippen molar-refractivity contribution in [2.24, 2.45) is 5.92 Å². The number of carbonyl (C=O) groups excluding carboxylic acids is 3. The van der Waals surface area contributed by atoms with Gasteiger partial charge in [-0.05, 0) is 25.0 Å². The molecule has 0 saturated carbocycles. The van der Waals surface area contributed by atoms with Crippen molar-refractivity contribution in [1.29, 1.82) is 0 Å². The predicted molar refractivity (Wildman–Crippen MR) is 103 cm³/mol. The van der Waals surface area contributed by atoms with Crippen LogP contribution in [0.2, 0.25) is 0 Å². The third-order valence-electron chi connectivity index (χ3n) is 3.84. The van der Waals surface area contributed by atoms with Gasteiger partial charge in [0.2, 0.25) is 0 Å². The second-order valence-corrected chi connectivity index (χ2v) is 6.15. The lowest BCUT2D eigenvalue weighted by molar-refractivity contribution is -0.163. The number of carbonyl (C=O) groups is 3. The van der Waals surface area contributed by atoms with Crippen LogP contribution in [0.4, 0.5) is 0 Å². The van der Waals surface area contributed by atoms with Crippen molar-refractivity contribution < 1.29 is 33.3 Å². The quantitative estimate of drug-likeness (QED) is 0.221. The van der Waals surface area contributed by atoms with Gasteiger partial charge in [-0.3, -0.25) is 9.59 Å². The maximum absolute atomic E-state index is 12.0. The van der Waals surface area contributed by atoms with Crippen molar-refractivity contribution in [3.8, 4) is 5.75 Å². The number of hydrogen-bond donors (Lipinski definition) is 0. The maximum Gasteiger partial charge on any atom is 0.330 e. The average molecular weight is 392 g/mol. The molecule has 0 aliphatic heterocycles. The van der Waals surface area contributed by atoms with Gasteiger partial charge in [-0.25, -0.2) is 4.79 Å². The van der Waals surface area contributed by atoms with Crippen LogP contribution in [-0.2, 0) is 28.6 Å². The molecule has 0 N–H and O–H groups in total. The van der Waals surface area contributed by atoms with E-state index in [4.69, 9.17) is 18.9 Å². The summed E-state index contributed by atoms with van der Waals surface area (Å²) in [5.74, 6) is -0.992. The van der Waals surface area contributed by atoms with Crippen molar-refractivity contribution >= 4 is 17.9 Å². The minimum absolute atomic E-state index is 0.0506. The van der Waals surface area contributed by atoms with Gasteiger partial charge < -0.3 is 18.9 Å². The highest BCUT2D eigenvalue weighted by molar-refractivity contribution is 5.81. The summed E-state index contributed by atoms with van der Waals surface area (Å²) in [4.78, 5) is 34.9. The summed E-state index contributed by atoms with van der Waals surface area (Å²) >= 11 is 0. The monoisotopic (exact) mass is 392 g/mol. The number of ether oxygens (including phenoxy) is 4. The summed E-state index contributed by atoms with van der Waals surface area (Å²) in [5, 5.41) is 0. The van der Waals surface area contributed by atoms with Crippen LogP contribution >= 0.6 is 0 Å². The second kappa shape index (κ2) is 13.4. The van der Waals surface area contributed by atoms with Crippen LogP contribution in [0, 0.1) is 5.92 Å². The molecule has 0 bridgehead atoms. The van der Waals surface area contributed by atoms with E-state index >= 15 is 0 Å². The first-order valence-corrected chi connectivity index (χ1v) is 9.29. The lowest BCUT2D eigenvalue weighted by Crippen LogP contribution is -2.32. The molecule has 2 unspecified atom stereocenters. The third kappa shape index (κ3) is 9.75. The normalized spacial score (nSPS) is 12.4. The smallest absolute Gasteiger partial charge is 0.330 e. The number of rotatable bonds is 13. The molecule has 0 aliphatic rings. The maximum atomic E-state index is 12.0. The number of para-hydroxylation sites is 1. The molecule has 0 amide bonds. The van der Waals surface area contributed by atoms with E-state index < -0.39 is 18.0 Å². The molecule has 0 fully saturated rings. The molecule has 1 rings (SSSR count). The van der Waals surface area contributed by atoms with E-state index in [1.165, 1.54) is 0 Å². The van der Waals surface area contributed by atoms with Gasteiger partial charge in [0.1, 0.15) is 19.0 Å². The Bertz CT molecular complexity index is 627. The second-order valence-electron chi connectivity index (χ2n) is 6.15. The van der Waals surface area contributed by atoms with Gasteiger partial charge >= 0.3 is 17.9 Å². The molecule has 0 spiro atoms. The molecular formula is C21H28O7. The van der Waals surface area contributed by atoms with E-state index in [-0.39, 0.29) is 38.1 Å². The largest absolute Gasteiger partial charge is 0.490 e. The minimum atomic E-state index is -0.739. The van der Waals surface area contributed by atoms with E-state index in [0.29, 0.717) is 18.6 Å². The fraction of sp³-hybridized carbons (Fsp3) is 0.476. The Labute approximate surface area is 165 Å². The van der Waals surface area contributed by atoms with Crippen molar-refractivity contribution in [3.63, 3.8) is 0 Å². The van der Waals surface area contributed by atoms with Crippen LogP contribution < -0.4 is 4.74 Å². The summed E-state index contributed by atoms with van der Waals surface area (Å²) in [6, 6.07) is 9.06. The van der Waals surface area contributed by atoms with Crippen LogP contribution in [0.25, 0.3) is 0 Å². The molecule has 0 aliphatic carbocycles. The Morgan fingerprint density at radius 2 is 1.82 bits per heavy atom.